The third kappa shape index (κ3) is 5.64. The predicted octanol–water partition coefficient (Wildman–Crippen LogP) is 3.83. The zero-order valence-corrected chi connectivity index (χ0v) is 19.7. The van der Waals surface area contributed by atoms with Gasteiger partial charge in [-0.3, -0.25) is 14.9 Å². The average molecular weight is 488 g/mol. The lowest BCUT2D eigenvalue weighted by Gasteiger charge is -2.26. The van der Waals surface area contributed by atoms with Crippen LogP contribution in [0.3, 0.4) is 0 Å². The highest BCUT2D eigenvalue weighted by atomic mass is 16.5. The van der Waals surface area contributed by atoms with Crippen LogP contribution < -0.4 is 29.2 Å². The van der Waals surface area contributed by atoms with E-state index < -0.39 is 17.8 Å². The molecule has 3 aromatic carbocycles. The Kier molecular flexibility index (Phi) is 7.50. The van der Waals surface area contributed by atoms with Gasteiger partial charge in [0.05, 0.1) is 19.9 Å². The van der Waals surface area contributed by atoms with Crippen LogP contribution in [0.5, 0.6) is 23.0 Å². The molecule has 0 bridgehead atoms. The molecule has 0 spiro atoms. The summed E-state index contributed by atoms with van der Waals surface area (Å²) in [7, 11) is 3.12. The van der Waals surface area contributed by atoms with Gasteiger partial charge in [0.1, 0.15) is 41.8 Å². The second kappa shape index (κ2) is 11.1. The minimum absolute atomic E-state index is 0.160. The molecular formula is C27H24N2O7. The van der Waals surface area contributed by atoms with Crippen LogP contribution in [0.1, 0.15) is 5.56 Å². The second-order valence-corrected chi connectivity index (χ2v) is 7.60. The minimum Gasteiger partial charge on any atom is -0.497 e. The topological polar surface area (TPSA) is 103 Å². The Balaban J connectivity index is 1.38. The molecule has 0 unspecified atom stereocenters. The molecule has 1 aliphatic rings. The first-order valence-electron chi connectivity index (χ1n) is 11.0. The van der Waals surface area contributed by atoms with Crippen molar-refractivity contribution in [3.63, 3.8) is 0 Å². The van der Waals surface area contributed by atoms with E-state index >= 15 is 0 Å². The molecular weight excluding hydrogens is 464 g/mol. The van der Waals surface area contributed by atoms with E-state index in [4.69, 9.17) is 18.9 Å². The van der Waals surface area contributed by atoms with Crippen molar-refractivity contribution in [1.82, 2.24) is 5.32 Å². The van der Waals surface area contributed by atoms with E-state index in [-0.39, 0.29) is 5.57 Å². The molecule has 9 nitrogen and oxygen atoms in total. The highest BCUT2D eigenvalue weighted by molar-refractivity contribution is 6.39. The van der Waals surface area contributed by atoms with Crippen LogP contribution in [-0.4, -0.2) is 45.3 Å². The molecule has 9 heteroatoms. The van der Waals surface area contributed by atoms with Crippen molar-refractivity contribution in [1.29, 1.82) is 0 Å². The summed E-state index contributed by atoms with van der Waals surface area (Å²) >= 11 is 0. The highest BCUT2D eigenvalue weighted by Crippen LogP contribution is 2.25. The van der Waals surface area contributed by atoms with Gasteiger partial charge < -0.3 is 18.9 Å². The number of carbonyl (C=O) groups is 3. The number of benzene rings is 3. The minimum atomic E-state index is -0.812. The van der Waals surface area contributed by atoms with Crippen molar-refractivity contribution in [3.8, 4) is 23.0 Å². The summed E-state index contributed by atoms with van der Waals surface area (Å²) in [6, 6.07) is 19.7. The maximum Gasteiger partial charge on any atom is 0.335 e. The third-order valence-corrected chi connectivity index (χ3v) is 5.30. The molecule has 3 aromatic rings. The fraction of sp³-hybridized carbons (Fsp3) is 0.148. The number of imide groups is 2. The fourth-order valence-corrected chi connectivity index (χ4v) is 3.44. The van der Waals surface area contributed by atoms with Crippen LogP contribution in [0, 0.1) is 0 Å². The summed E-state index contributed by atoms with van der Waals surface area (Å²) < 4.78 is 21.5. The first-order valence-corrected chi connectivity index (χ1v) is 11.0. The number of barbiturate groups is 1. The molecule has 1 N–H and O–H groups in total. The summed E-state index contributed by atoms with van der Waals surface area (Å²) in [6.45, 7) is 0.675. The normalized spacial score (nSPS) is 14.4. The summed E-state index contributed by atoms with van der Waals surface area (Å²) in [4.78, 5) is 38.6. The zero-order valence-electron chi connectivity index (χ0n) is 19.7. The monoisotopic (exact) mass is 488 g/mol. The van der Waals surface area contributed by atoms with Gasteiger partial charge in [0.2, 0.25) is 0 Å². The van der Waals surface area contributed by atoms with Crippen LogP contribution in [0.25, 0.3) is 6.08 Å². The standard InChI is InChI=1S/C27H24N2O7/c1-33-20-9-5-19(6-10-20)29-26(31)24(25(30)28-27(29)32)17-18-3-7-22(8-4-18)35-15-16-36-23-13-11-21(34-2)12-14-23/h3-14,17H,15-16H2,1-2H3,(H,28,30,32)/b24-17+. The van der Waals surface area contributed by atoms with Gasteiger partial charge in [-0.1, -0.05) is 12.1 Å². The molecule has 1 aliphatic heterocycles. The molecule has 4 amide bonds. The van der Waals surface area contributed by atoms with Gasteiger partial charge in [-0.05, 0) is 72.3 Å². The smallest absolute Gasteiger partial charge is 0.335 e. The van der Waals surface area contributed by atoms with E-state index in [1.54, 1.807) is 55.6 Å². The largest absolute Gasteiger partial charge is 0.497 e. The van der Waals surface area contributed by atoms with E-state index in [2.05, 4.69) is 5.32 Å². The lowest BCUT2D eigenvalue weighted by molar-refractivity contribution is -0.122. The Hall–Kier alpha value is -4.79. The van der Waals surface area contributed by atoms with E-state index in [0.29, 0.717) is 41.7 Å². The number of methoxy groups -OCH3 is 2. The number of rotatable bonds is 9. The summed E-state index contributed by atoms with van der Waals surface area (Å²) in [6.07, 6.45) is 1.43. The lowest BCUT2D eigenvalue weighted by Crippen LogP contribution is -2.54. The van der Waals surface area contributed by atoms with Gasteiger partial charge in [0.15, 0.2) is 0 Å². The van der Waals surface area contributed by atoms with Crippen molar-refractivity contribution >= 4 is 29.6 Å². The van der Waals surface area contributed by atoms with E-state index in [1.807, 2.05) is 24.3 Å². The number of hydrogen-bond acceptors (Lipinski definition) is 7. The molecule has 0 aliphatic carbocycles. The lowest BCUT2D eigenvalue weighted by atomic mass is 10.1. The average Bonchev–Trinajstić information content (AvgIpc) is 2.90. The van der Waals surface area contributed by atoms with Crippen LogP contribution >= 0.6 is 0 Å². The molecule has 4 rings (SSSR count). The number of hydrogen-bond donors (Lipinski definition) is 1. The number of amides is 4. The SMILES string of the molecule is COc1ccc(OCCOc2ccc(/C=C3\C(=O)NC(=O)N(c4ccc(OC)cc4)C3=O)cc2)cc1. The summed E-state index contributed by atoms with van der Waals surface area (Å²) in [5.74, 6) is 1.16. The predicted molar refractivity (Wildman–Crippen MR) is 132 cm³/mol. The number of urea groups is 1. The molecule has 36 heavy (non-hydrogen) atoms. The number of nitrogens with one attached hydrogen (secondary N) is 1. The zero-order chi connectivity index (χ0) is 25.5. The molecule has 0 aromatic heterocycles. The molecule has 184 valence electrons. The van der Waals surface area contributed by atoms with Gasteiger partial charge in [0, 0.05) is 0 Å². The van der Waals surface area contributed by atoms with Crippen molar-refractivity contribution in [3.05, 3.63) is 83.9 Å². The first kappa shape index (κ1) is 24.3. The van der Waals surface area contributed by atoms with E-state index in [9.17, 15) is 14.4 Å². The molecule has 0 radical (unpaired) electrons. The van der Waals surface area contributed by atoms with Crippen molar-refractivity contribution in [2.45, 2.75) is 0 Å². The van der Waals surface area contributed by atoms with Gasteiger partial charge in [0.25, 0.3) is 11.8 Å². The Morgan fingerprint density at radius 3 is 1.69 bits per heavy atom. The Morgan fingerprint density at radius 1 is 0.694 bits per heavy atom. The van der Waals surface area contributed by atoms with Crippen LogP contribution in [0.15, 0.2) is 78.4 Å². The quantitative estimate of drug-likeness (QED) is 0.277. The summed E-state index contributed by atoms with van der Waals surface area (Å²) in [5.41, 5.74) is 0.753. The number of carbonyl (C=O) groups excluding carboxylic acids is 3. The van der Waals surface area contributed by atoms with Crippen molar-refractivity contribution < 1.29 is 33.3 Å². The maximum absolute atomic E-state index is 13.0. The van der Waals surface area contributed by atoms with Gasteiger partial charge in [-0.15, -0.1) is 0 Å². The first-order chi connectivity index (χ1) is 17.5. The van der Waals surface area contributed by atoms with Crippen molar-refractivity contribution in [2.75, 3.05) is 32.3 Å². The molecule has 1 fully saturated rings. The highest BCUT2D eigenvalue weighted by Gasteiger charge is 2.36. The Labute approximate surface area is 207 Å². The fourth-order valence-electron chi connectivity index (χ4n) is 3.44. The van der Waals surface area contributed by atoms with Gasteiger partial charge in [-0.25, -0.2) is 9.69 Å². The van der Waals surface area contributed by atoms with Gasteiger partial charge >= 0.3 is 6.03 Å². The summed E-state index contributed by atoms with van der Waals surface area (Å²) in [5, 5.41) is 2.20. The Bertz CT molecular complexity index is 1270. The number of anilines is 1. The van der Waals surface area contributed by atoms with Crippen molar-refractivity contribution in [2.24, 2.45) is 0 Å². The molecule has 0 atom stereocenters. The molecule has 0 saturated carbocycles. The van der Waals surface area contributed by atoms with Gasteiger partial charge in [-0.2, -0.15) is 0 Å². The van der Waals surface area contributed by atoms with E-state index in [1.165, 1.54) is 13.2 Å². The number of nitrogens with zero attached hydrogens (tertiary/aromatic N) is 1. The van der Waals surface area contributed by atoms with E-state index in [0.717, 1.165) is 10.6 Å². The van der Waals surface area contributed by atoms with Crippen LogP contribution in [-0.2, 0) is 9.59 Å². The maximum atomic E-state index is 13.0. The third-order valence-electron chi connectivity index (χ3n) is 5.30. The molecule has 1 heterocycles. The molecule has 1 saturated heterocycles. The number of ether oxygens (including phenoxy) is 4. The van der Waals surface area contributed by atoms with Crippen LogP contribution in [0.4, 0.5) is 10.5 Å². The second-order valence-electron chi connectivity index (χ2n) is 7.60. The Morgan fingerprint density at radius 2 is 1.17 bits per heavy atom. The van der Waals surface area contributed by atoms with Crippen LogP contribution in [0.2, 0.25) is 0 Å².